The highest BCUT2D eigenvalue weighted by atomic mass is 79.9. The van der Waals surface area contributed by atoms with E-state index in [4.69, 9.17) is 10.00 Å². The highest BCUT2D eigenvalue weighted by Gasteiger charge is 2.16. The molecular formula is C13H12BrN3O. The lowest BCUT2D eigenvalue weighted by atomic mass is 10.2. The number of methoxy groups -OCH3 is 1. The van der Waals surface area contributed by atoms with Crippen LogP contribution in [0.1, 0.15) is 5.69 Å². The Morgan fingerprint density at radius 2 is 2.17 bits per heavy atom. The summed E-state index contributed by atoms with van der Waals surface area (Å²) in [7, 11) is 3.53. The smallest absolute Gasteiger partial charge is 0.144 e. The Balaban J connectivity index is 2.58. The predicted molar refractivity (Wildman–Crippen MR) is 72.2 cm³/mol. The van der Waals surface area contributed by atoms with Gasteiger partial charge >= 0.3 is 0 Å². The number of hydrogen-bond donors (Lipinski definition) is 0. The molecule has 0 aliphatic carbocycles. The summed E-state index contributed by atoms with van der Waals surface area (Å²) in [6.07, 6.45) is 0.281. The molecule has 0 spiro atoms. The van der Waals surface area contributed by atoms with Crippen LogP contribution in [-0.4, -0.2) is 16.7 Å². The second-order valence-corrected chi connectivity index (χ2v) is 4.52. The van der Waals surface area contributed by atoms with Crippen LogP contribution in [0.3, 0.4) is 0 Å². The van der Waals surface area contributed by atoms with Gasteiger partial charge in [-0.3, -0.25) is 0 Å². The standard InChI is InChI=1S/C13H12BrN3O/c1-17-12(14)10(7-8-15)16-13(17)9-5-3-4-6-11(9)18-2/h3-6H,7H2,1-2H3. The molecule has 0 atom stereocenters. The Bertz CT molecular complexity index is 613. The quantitative estimate of drug-likeness (QED) is 0.876. The first-order chi connectivity index (χ1) is 8.69. The average molecular weight is 306 g/mol. The van der Waals surface area contributed by atoms with Crippen LogP contribution in [0, 0.1) is 11.3 Å². The van der Waals surface area contributed by atoms with Gasteiger partial charge in [-0.1, -0.05) is 12.1 Å². The lowest BCUT2D eigenvalue weighted by Crippen LogP contribution is -1.95. The largest absolute Gasteiger partial charge is 0.496 e. The van der Waals surface area contributed by atoms with Gasteiger partial charge in [-0.05, 0) is 28.1 Å². The van der Waals surface area contributed by atoms with E-state index in [-0.39, 0.29) is 6.42 Å². The number of para-hydroxylation sites is 1. The third kappa shape index (κ3) is 2.12. The zero-order valence-electron chi connectivity index (χ0n) is 10.1. The van der Waals surface area contributed by atoms with Crippen molar-refractivity contribution in [1.82, 2.24) is 9.55 Å². The van der Waals surface area contributed by atoms with Gasteiger partial charge in [0.25, 0.3) is 0 Å². The maximum absolute atomic E-state index is 8.77. The molecule has 0 N–H and O–H groups in total. The van der Waals surface area contributed by atoms with E-state index in [1.54, 1.807) is 7.11 Å². The maximum atomic E-state index is 8.77. The van der Waals surface area contributed by atoms with Crippen molar-refractivity contribution in [3.63, 3.8) is 0 Å². The van der Waals surface area contributed by atoms with E-state index in [0.717, 1.165) is 27.4 Å². The Kier molecular flexibility index (Phi) is 3.68. The third-order valence-electron chi connectivity index (χ3n) is 2.69. The third-order valence-corrected chi connectivity index (χ3v) is 3.68. The highest BCUT2D eigenvalue weighted by Crippen LogP contribution is 2.31. The highest BCUT2D eigenvalue weighted by molar-refractivity contribution is 9.10. The zero-order valence-corrected chi connectivity index (χ0v) is 11.7. The molecule has 0 aliphatic heterocycles. The van der Waals surface area contributed by atoms with Crippen molar-refractivity contribution in [2.45, 2.75) is 6.42 Å². The van der Waals surface area contributed by atoms with E-state index in [1.165, 1.54) is 0 Å². The molecule has 2 rings (SSSR count). The van der Waals surface area contributed by atoms with E-state index in [1.807, 2.05) is 35.9 Å². The minimum atomic E-state index is 0.281. The van der Waals surface area contributed by atoms with Gasteiger partial charge < -0.3 is 9.30 Å². The molecule has 0 radical (unpaired) electrons. The van der Waals surface area contributed by atoms with Crippen molar-refractivity contribution >= 4 is 15.9 Å². The first-order valence-electron chi connectivity index (χ1n) is 5.40. The van der Waals surface area contributed by atoms with E-state index in [2.05, 4.69) is 27.0 Å². The van der Waals surface area contributed by atoms with Gasteiger partial charge in [-0.2, -0.15) is 5.26 Å². The van der Waals surface area contributed by atoms with Crippen LogP contribution in [0.4, 0.5) is 0 Å². The molecule has 4 nitrogen and oxygen atoms in total. The summed E-state index contributed by atoms with van der Waals surface area (Å²) in [6.45, 7) is 0. The molecule has 5 heteroatoms. The van der Waals surface area contributed by atoms with E-state index in [9.17, 15) is 0 Å². The van der Waals surface area contributed by atoms with Gasteiger partial charge in [0.1, 0.15) is 16.2 Å². The summed E-state index contributed by atoms with van der Waals surface area (Å²) < 4.78 is 8.06. The van der Waals surface area contributed by atoms with E-state index < -0.39 is 0 Å². The minimum absolute atomic E-state index is 0.281. The maximum Gasteiger partial charge on any atom is 0.144 e. The molecule has 0 amide bonds. The van der Waals surface area contributed by atoms with E-state index in [0.29, 0.717) is 0 Å². The monoisotopic (exact) mass is 305 g/mol. The molecule has 18 heavy (non-hydrogen) atoms. The van der Waals surface area contributed by atoms with Gasteiger partial charge in [-0.25, -0.2) is 4.98 Å². The lowest BCUT2D eigenvalue weighted by Gasteiger charge is -2.07. The van der Waals surface area contributed by atoms with Crippen molar-refractivity contribution in [3.8, 4) is 23.2 Å². The minimum Gasteiger partial charge on any atom is -0.496 e. The second kappa shape index (κ2) is 5.23. The number of aromatic nitrogens is 2. The summed E-state index contributed by atoms with van der Waals surface area (Å²) in [6, 6.07) is 9.80. The van der Waals surface area contributed by atoms with Gasteiger partial charge in [0.15, 0.2) is 0 Å². The summed E-state index contributed by atoms with van der Waals surface area (Å²) in [4.78, 5) is 4.49. The van der Waals surface area contributed by atoms with Crippen molar-refractivity contribution in [2.24, 2.45) is 7.05 Å². The van der Waals surface area contributed by atoms with E-state index >= 15 is 0 Å². The first kappa shape index (κ1) is 12.7. The molecule has 0 unspecified atom stereocenters. The van der Waals surface area contributed by atoms with Gasteiger partial charge in [0, 0.05) is 7.05 Å². The van der Waals surface area contributed by atoms with Crippen LogP contribution in [-0.2, 0) is 13.5 Å². The normalized spacial score (nSPS) is 10.1. The number of ether oxygens (including phenoxy) is 1. The van der Waals surface area contributed by atoms with Crippen LogP contribution in [0.25, 0.3) is 11.4 Å². The van der Waals surface area contributed by atoms with Crippen molar-refractivity contribution in [1.29, 1.82) is 5.26 Å². The SMILES string of the molecule is COc1ccccc1-c1nc(CC#N)c(Br)n1C. The summed E-state index contributed by atoms with van der Waals surface area (Å²) >= 11 is 3.45. The summed E-state index contributed by atoms with van der Waals surface area (Å²) in [5.41, 5.74) is 1.65. The summed E-state index contributed by atoms with van der Waals surface area (Å²) in [5, 5.41) is 8.77. The topological polar surface area (TPSA) is 50.8 Å². The molecule has 0 saturated heterocycles. The predicted octanol–water partition coefficient (Wildman–Crippen LogP) is 2.92. The van der Waals surface area contributed by atoms with Crippen LogP contribution in [0.5, 0.6) is 5.75 Å². The molecule has 0 aliphatic rings. The Morgan fingerprint density at radius 1 is 1.44 bits per heavy atom. The fourth-order valence-electron chi connectivity index (χ4n) is 1.79. The number of halogens is 1. The molecule has 1 heterocycles. The molecule has 92 valence electrons. The summed E-state index contributed by atoms with van der Waals surface area (Å²) in [5.74, 6) is 1.55. The Morgan fingerprint density at radius 3 is 2.83 bits per heavy atom. The van der Waals surface area contributed by atoms with Gasteiger partial charge in [0.2, 0.25) is 0 Å². The van der Waals surface area contributed by atoms with Crippen LogP contribution < -0.4 is 4.74 Å². The lowest BCUT2D eigenvalue weighted by molar-refractivity contribution is 0.416. The van der Waals surface area contributed by atoms with Crippen molar-refractivity contribution in [3.05, 3.63) is 34.6 Å². The Hall–Kier alpha value is -1.80. The Labute approximate surface area is 114 Å². The second-order valence-electron chi connectivity index (χ2n) is 3.77. The molecular weight excluding hydrogens is 294 g/mol. The number of rotatable bonds is 3. The molecule has 1 aromatic carbocycles. The number of nitrogens with zero attached hydrogens (tertiary/aromatic N) is 3. The van der Waals surface area contributed by atoms with Crippen LogP contribution in [0.2, 0.25) is 0 Å². The molecule has 0 saturated carbocycles. The molecule has 2 aromatic rings. The van der Waals surface area contributed by atoms with Crippen LogP contribution >= 0.6 is 15.9 Å². The average Bonchev–Trinajstić information content (AvgIpc) is 2.67. The number of benzene rings is 1. The fourth-order valence-corrected chi connectivity index (χ4v) is 2.19. The van der Waals surface area contributed by atoms with Gasteiger partial charge in [0.05, 0.1) is 30.9 Å². The number of hydrogen-bond acceptors (Lipinski definition) is 3. The first-order valence-corrected chi connectivity index (χ1v) is 6.19. The van der Waals surface area contributed by atoms with Gasteiger partial charge in [-0.15, -0.1) is 0 Å². The van der Waals surface area contributed by atoms with Crippen LogP contribution in [0.15, 0.2) is 28.9 Å². The molecule has 0 bridgehead atoms. The molecule has 0 fully saturated rings. The number of imidazole rings is 1. The van der Waals surface area contributed by atoms with Crippen molar-refractivity contribution < 1.29 is 4.74 Å². The number of nitriles is 1. The molecule has 1 aromatic heterocycles. The van der Waals surface area contributed by atoms with Crippen molar-refractivity contribution in [2.75, 3.05) is 7.11 Å². The zero-order chi connectivity index (χ0) is 13.1. The fraction of sp³-hybridized carbons (Fsp3) is 0.231.